The molecule has 0 aromatic carbocycles. The second-order valence-corrected chi connectivity index (χ2v) is 4.44. The third-order valence-electron chi connectivity index (χ3n) is 3.47. The highest BCUT2D eigenvalue weighted by Crippen LogP contribution is 2.33. The minimum absolute atomic E-state index is 0.441. The molecule has 0 unspecified atom stereocenters. The first-order valence-electron chi connectivity index (χ1n) is 5.62. The monoisotopic (exact) mass is 208 g/mol. The Balaban J connectivity index is 2.27. The van der Waals surface area contributed by atoms with Crippen LogP contribution in [0.1, 0.15) is 24.6 Å². The molecule has 4 heteroatoms. The van der Waals surface area contributed by atoms with E-state index in [1.807, 2.05) is 17.9 Å². The Morgan fingerprint density at radius 2 is 2.33 bits per heavy atom. The van der Waals surface area contributed by atoms with E-state index in [2.05, 4.69) is 23.1 Å². The smallest absolute Gasteiger partial charge is 0.0555 e. The van der Waals surface area contributed by atoms with Gasteiger partial charge in [-0.2, -0.15) is 5.10 Å². The molecule has 2 N–H and O–H groups in total. The standard InChI is InChI=1S/C11H20N4/c1-14-7-3-4-9(8-12)11(14)10-5-6-13-15(10)2/h5-6,9,11H,3-4,7-8,12H2,1-2H3/t9-,11-/m1/s1. The van der Waals surface area contributed by atoms with E-state index in [1.54, 1.807) is 0 Å². The van der Waals surface area contributed by atoms with Crippen LogP contribution in [0.15, 0.2) is 12.3 Å². The van der Waals surface area contributed by atoms with Crippen molar-refractivity contribution in [2.75, 3.05) is 20.1 Å². The number of piperidine rings is 1. The largest absolute Gasteiger partial charge is 0.330 e. The van der Waals surface area contributed by atoms with Crippen LogP contribution in [0.25, 0.3) is 0 Å². The van der Waals surface area contributed by atoms with E-state index in [-0.39, 0.29) is 0 Å². The summed E-state index contributed by atoms with van der Waals surface area (Å²) < 4.78 is 1.97. The molecule has 0 radical (unpaired) electrons. The fourth-order valence-corrected chi connectivity index (χ4v) is 2.65. The Bertz CT molecular complexity index is 320. The van der Waals surface area contributed by atoms with Crippen LogP contribution in [0.5, 0.6) is 0 Å². The lowest BCUT2D eigenvalue weighted by atomic mass is 9.87. The number of aryl methyl sites for hydroxylation is 1. The first-order valence-corrected chi connectivity index (χ1v) is 5.62. The lowest BCUT2D eigenvalue weighted by molar-refractivity contribution is 0.118. The summed E-state index contributed by atoms with van der Waals surface area (Å²) in [5, 5.41) is 4.24. The molecular formula is C11H20N4. The zero-order chi connectivity index (χ0) is 10.8. The third-order valence-corrected chi connectivity index (χ3v) is 3.47. The van der Waals surface area contributed by atoms with E-state index in [0.29, 0.717) is 12.0 Å². The number of nitrogens with zero attached hydrogens (tertiary/aromatic N) is 3. The molecule has 1 aromatic rings. The molecule has 1 fully saturated rings. The number of likely N-dealkylation sites (tertiary alicyclic amines) is 1. The zero-order valence-corrected chi connectivity index (χ0v) is 9.56. The van der Waals surface area contributed by atoms with Gasteiger partial charge in [-0.05, 0) is 45.0 Å². The van der Waals surface area contributed by atoms with Crippen molar-refractivity contribution in [3.05, 3.63) is 18.0 Å². The molecular weight excluding hydrogens is 188 g/mol. The summed E-state index contributed by atoms with van der Waals surface area (Å²) in [6, 6.07) is 2.55. The summed E-state index contributed by atoms with van der Waals surface area (Å²) in [5.74, 6) is 0.569. The molecule has 0 bridgehead atoms. The molecule has 1 saturated heterocycles. The average Bonchev–Trinajstić information content (AvgIpc) is 2.64. The van der Waals surface area contributed by atoms with Crippen LogP contribution < -0.4 is 5.73 Å². The molecule has 2 heterocycles. The van der Waals surface area contributed by atoms with Gasteiger partial charge in [0.05, 0.1) is 11.7 Å². The second-order valence-electron chi connectivity index (χ2n) is 4.44. The molecule has 84 valence electrons. The van der Waals surface area contributed by atoms with E-state index in [4.69, 9.17) is 5.73 Å². The van der Waals surface area contributed by atoms with Gasteiger partial charge in [0.25, 0.3) is 0 Å². The van der Waals surface area contributed by atoms with Crippen LogP contribution in [0.4, 0.5) is 0 Å². The van der Waals surface area contributed by atoms with Gasteiger partial charge >= 0.3 is 0 Å². The van der Waals surface area contributed by atoms with Gasteiger partial charge < -0.3 is 5.73 Å². The Morgan fingerprint density at radius 1 is 1.53 bits per heavy atom. The van der Waals surface area contributed by atoms with Gasteiger partial charge in [-0.1, -0.05) is 0 Å². The van der Waals surface area contributed by atoms with Gasteiger partial charge in [0.15, 0.2) is 0 Å². The molecule has 1 aromatic heterocycles. The Kier molecular flexibility index (Phi) is 3.07. The summed E-state index contributed by atoms with van der Waals surface area (Å²) in [7, 11) is 4.19. The maximum atomic E-state index is 5.86. The van der Waals surface area contributed by atoms with E-state index < -0.39 is 0 Å². The van der Waals surface area contributed by atoms with Crippen LogP contribution in [0.2, 0.25) is 0 Å². The van der Waals surface area contributed by atoms with Crippen LogP contribution in [0.3, 0.4) is 0 Å². The Labute approximate surface area is 91.1 Å². The van der Waals surface area contributed by atoms with Crippen molar-refractivity contribution < 1.29 is 0 Å². The molecule has 2 rings (SSSR count). The maximum Gasteiger partial charge on any atom is 0.0555 e. The van der Waals surface area contributed by atoms with E-state index in [0.717, 1.165) is 13.1 Å². The van der Waals surface area contributed by atoms with Crippen LogP contribution in [-0.4, -0.2) is 34.8 Å². The molecule has 1 aliphatic rings. The van der Waals surface area contributed by atoms with Crippen molar-refractivity contribution in [1.29, 1.82) is 0 Å². The third kappa shape index (κ3) is 1.92. The zero-order valence-electron chi connectivity index (χ0n) is 9.56. The van der Waals surface area contributed by atoms with Gasteiger partial charge in [-0.25, -0.2) is 0 Å². The number of rotatable bonds is 2. The fourth-order valence-electron chi connectivity index (χ4n) is 2.65. The topological polar surface area (TPSA) is 47.1 Å². The number of nitrogens with two attached hydrogens (primary N) is 1. The second kappa shape index (κ2) is 4.33. The van der Waals surface area contributed by atoms with E-state index >= 15 is 0 Å². The molecule has 1 aliphatic heterocycles. The van der Waals surface area contributed by atoms with E-state index in [9.17, 15) is 0 Å². The summed E-state index contributed by atoms with van der Waals surface area (Å²) in [6.45, 7) is 1.92. The van der Waals surface area contributed by atoms with Crippen molar-refractivity contribution in [2.45, 2.75) is 18.9 Å². The number of hydrogen-bond donors (Lipinski definition) is 1. The fraction of sp³-hybridized carbons (Fsp3) is 0.727. The van der Waals surface area contributed by atoms with E-state index in [1.165, 1.54) is 18.5 Å². The lowest BCUT2D eigenvalue weighted by Gasteiger charge is -2.38. The molecule has 0 spiro atoms. The van der Waals surface area contributed by atoms with Crippen LogP contribution in [-0.2, 0) is 7.05 Å². The molecule has 0 saturated carbocycles. The molecule has 0 aliphatic carbocycles. The van der Waals surface area contributed by atoms with Gasteiger partial charge in [0.2, 0.25) is 0 Å². The van der Waals surface area contributed by atoms with Crippen LogP contribution >= 0.6 is 0 Å². The first kappa shape index (κ1) is 10.6. The summed E-state index contributed by atoms with van der Waals surface area (Å²) in [6.07, 6.45) is 4.36. The molecule has 15 heavy (non-hydrogen) atoms. The van der Waals surface area contributed by atoms with Gasteiger partial charge in [0, 0.05) is 13.2 Å². The van der Waals surface area contributed by atoms with Gasteiger partial charge in [-0.15, -0.1) is 0 Å². The highest BCUT2D eigenvalue weighted by molar-refractivity contribution is 5.09. The number of hydrogen-bond acceptors (Lipinski definition) is 3. The summed E-state index contributed by atoms with van der Waals surface area (Å²) >= 11 is 0. The Morgan fingerprint density at radius 3 is 2.93 bits per heavy atom. The normalized spacial score (nSPS) is 28.2. The summed E-state index contributed by atoms with van der Waals surface area (Å²) in [5.41, 5.74) is 7.14. The predicted octanol–water partition coefficient (Wildman–Crippen LogP) is 0.762. The molecule has 0 amide bonds. The minimum atomic E-state index is 0.441. The van der Waals surface area contributed by atoms with Crippen molar-refractivity contribution in [3.8, 4) is 0 Å². The van der Waals surface area contributed by atoms with Crippen molar-refractivity contribution in [1.82, 2.24) is 14.7 Å². The molecule has 2 atom stereocenters. The molecule has 4 nitrogen and oxygen atoms in total. The Hall–Kier alpha value is -0.870. The first-order chi connectivity index (χ1) is 7.24. The maximum absolute atomic E-state index is 5.86. The van der Waals surface area contributed by atoms with Crippen molar-refractivity contribution >= 4 is 0 Å². The lowest BCUT2D eigenvalue weighted by Crippen LogP contribution is -2.40. The van der Waals surface area contributed by atoms with Gasteiger partial charge in [0.1, 0.15) is 0 Å². The average molecular weight is 208 g/mol. The summed E-state index contributed by atoms with van der Waals surface area (Å²) in [4.78, 5) is 2.40. The van der Waals surface area contributed by atoms with Gasteiger partial charge in [-0.3, -0.25) is 9.58 Å². The minimum Gasteiger partial charge on any atom is -0.330 e. The SMILES string of the molecule is CN1CCC[C@H](CN)[C@@H]1c1ccnn1C. The van der Waals surface area contributed by atoms with Crippen LogP contribution in [0, 0.1) is 5.92 Å². The van der Waals surface area contributed by atoms with Crippen molar-refractivity contribution in [3.63, 3.8) is 0 Å². The van der Waals surface area contributed by atoms with Crippen molar-refractivity contribution in [2.24, 2.45) is 18.7 Å². The highest BCUT2D eigenvalue weighted by atomic mass is 15.3. The highest BCUT2D eigenvalue weighted by Gasteiger charge is 2.31. The number of aromatic nitrogens is 2. The predicted molar refractivity (Wildman–Crippen MR) is 60.4 cm³/mol. The quantitative estimate of drug-likeness (QED) is 0.780.